The third-order valence-corrected chi connectivity index (χ3v) is 5.29. The molecule has 3 amide bonds. The van der Waals surface area contributed by atoms with Crippen molar-refractivity contribution in [3.05, 3.63) is 59.1 Å². The predicted molar refractivity (Wildman–Crippen MR) is 127 cm³/mol. The first kappa shape index (κ1) is 24.3. The molecule has 2 aromatic rings. The fourth-order valence-corrected chi connectivity index (χ4v) is 3.64. The van der Waals surface area contributed by atoms with Crippen LogP contribution in [0.25, 0.3) is 0 Å². The average molecular weight is 471 g/mol. The zero-order valence-corrected chi connectivity index (χ0v) is 18.9. The van der Waals surface area contributed by atoms with E-state index in [2.05, 4.69) is 21.2 Å². The topological polar surface area (TPSA) is 109 Å². The molecule has 0 radical (unpaired) electrons. The Hall–Kier alpha value is -3.39. The standard InChI is InChI=1S/C24H27ClN4O4/c25-18-5-4-8-20(13-18)28-24(32)16-33-21-11-9-17(10-12-21)15-26-29-23(31)14-22(30)27-19-6-2-1-3-7-19/h4-5,8-13,15,19H,1-3,6-7,14,16H2,(H,27,30)(H,28,32)(H,29,31)/b26-15+. The maximum atomic E-state index is 12.0. The molecule has 2 aromatic carbocycles. The normalized spacial score (nSPS) is 14.0. The zero-order chi connectivity index (χ0) is 23.5. The molecule has 0 aromatic heterocycles. The number of nitrogens with zero attached hydrogens (tertiary/aromatic N) is 1. The molecular weight excluding hydrogens is 444 g/mol. The molecule has 0 spiro atoms. The Morgan fingerprint density at radius 1 is 1.00 bits per heavy atom. The SMILES string of the molecule is O=C(CC(=O)NC1CCCCC1)N/N=C/c1ccc(OCC(=O)Nc2cccc(Cl)c2)cc1. The van der Waals surface area contributed by atoms with Gasteiger partial charge in [-0.3, -0.25) is 14.4 Å². The molecule has 3 rings (SSSR count). The molecular formula is C24H27ClN4O4. The predicted octanol–water partition coefficient (Wildman–Crippen LogP) is 3.65. The summed E-state index contributed by atoms with van der Waals surface area (Å²) in [5.74, 6) is -0.546. The summed E-state index contributed by atoms with van der Waals surface area (Å²) in [6.07, 6.45) is 6.58. The molecule has 8 nitrogen and oxygen atoms in total. The number of hydrogen-bond donors (Lipinski definition) is 3. The number of hydrogen-bond acceptors (Lipinski definition) is 5. The van der Waals surface area contributed by atoms with Gasteiger partial charge in [0, 0.05) is 16.8 Å². The highest BCUT2D eigenvalue weighted by Gasteiger charge is 2.17. The van der Waals surface area contributed by atoms with E-state index in [9.17, 15) is 14.4 Å². The van der Waals surface area contributed by atoms with Crippen molar-refractivity contribution < 1.29 is 19.1 Å². The number of ether oxygens (including phenoxy) is 1. The van der Waals surface area contributed by atoms with Gasteiger partial charge in [0.05, 0.1) is 6.21 Å². The molecule has 174 valence electrons. The van der Waals surface area contributed by atoms with Gasteiger partial charge in [-0.2, -0.15) is 5.10 Å². The van der Waals surface area contributed by atoms with Gasteiger partial charge >= 0.3 is 0 Å². The molecule has 0 aliphatic heterocycles. The van der Waals surface area contributed by atoms with Crippen LogP contribution in [0.15, 0.2) is 53.6 Å². The molecule has 0 atom stereocenters. The van der Waals surface area contributed by atoms with Crippen molar-refractivity contribution in [3.8, 4) is 5.75 Å². The molecule has 9 heteroatoms. The second-order valence-electron chi connectivity index (χ2n) is 7.79. The van der Waals surface area contributed by atoms with E-state index in [-0.39, 0.29) is 30.9 Å². The zero-order valence-electron chi connectivity index (χ0n) is 18.2. The van der Waals surface area contributed by atoms with Crippen molar-refractivity contribution in [2.45, 2.75) is 44.6 Å². The number of hydrazone groups is 1. The van der Waals surface area contributed by atoms with E-state index in [4.69, 9.17) is 16.3 Å². The van der Waals surface area contributed by atoms with Crippen LogP contribution in [-0.2, 0) is 14.4 Å². The van der Waals surface area contributed by atoms with Crippen LogP contribution in [0.2, 0.25) is 5.02 Å². The van der Waals surface area contributed by atoms with Crippen molar-refractivity contribution in [2.75, 3.05) is 11.9 Å². The number of anilines is 1. The van der Waals surface area contributed by atoms with Gasteiger partial charge in [-0.1, -0.05) is 36.9 Å². The molecule has 0 saturated heterocycles. The Labute approximate surface area is 197 Å². The summed E-state index contributed by atoms with van der Waals surface area (Å²) < 4.78 is 5.47. The quantitative estimate of drug-likeness (QED) is 0.295. The minimum Gasteiger partial charge on any atom is -0.484 e. The molecule has 1 fully saturated rings. The molecule has 0 heterocycles. The van der Waals surface area contributed by atoms with Crippen LogP contribution < -0.4 is 20.8 Å². The van der Waals surface area contributed by atoms with E-state index in [0.29, 0.717) is 16.5 Å². The second-order valence-corrected chi connectivity index (χ2v) is 8.23. The minimum absolute atomic E-state index is 0.154. The molecule has 0 bridgehead atoms. The molecule has 1 aliphatic carbocycles. The van der Waals surface area contributed by atoms with Crippen LogP contribution in [0.5, 0.6) is 5.75 Å². The number of amides is 3. The first-order valence-electron chi connectivity index (χ1n) is 10.9. The Bertz CT molecular complexity index is 988. The number of carbonyl (C=O) groups excluding carboxylic acids is 3. The Morgan fingerprint density at radius 3 is 2.48 bits per heavy atom. The van der Waals surface area contributed by atoms with E-state index in [1.807, 2.05) is 0 Å². The summed E-state index contributed by atoms with van der Waals surface area (Å²) in [5, 5.41) is 10.0. The van der Waals surface area contributed by atoms with Crippen LogP contribution in [0.4, 0.5) is 5.69 Å². The van der Waals surface area contributed by atoms with E-state index in [1.54, 1.807) is 48.5 Å². The molecule has 3 N–H and O–H groups in total. The lowest BCUT2D eigenvalue weighted by molar-refractivity contribution is -0.129. The van der Waals surface area contributed by atoms with Crippen molar-refractivity contribution in [3.63, 3.8) is 0 Å². The summed E-state index contributed by atoms with van der Waals surface area (Å²) in [6, 6.07) is 13.9. The van der Waals surface area contributed by atoms with Crippen molar-refractivity contribution in [1.82, 2.24) is 10.7 Å². The van der Waals surface area contributed by atoms with E-state index < -0.39 is 5.91 Å². The lowest BCUT2D eigenvalue weighted by atomic mass is 9.95. The summed E-state index contributed by atoms with van der Waals surface area (Å²) >= 11 is 5.89. The number of carbonyl (C=O) groups is 3. The second kappa shape index (κ2) is 12.6. The fraction of sp³-hybridized carbons (Fsp3) is 0.333. The summed E-state index contributed by atoms with van der Waals surface area (Å²) in [6.45, 7) is -0.154. The van der Waals surface area contributed by atoms with E-state index in [0.717, 1.165) is 31.2 Å². The third kappa shape index (κ3) is 8.94. The number of benzene rings is 2. The van der Waals surface area contributed by atoms with Crippen LogP contribution in [0.3, 0.4) is 0 Å². The van der Waals surface area contributed by atoms with Gasteiger partial charge < -0.3 is 15.4 Å². The van der Waals surface area contributed by atoms with E-state index >= 15 is 0 Å². The van der Waals surface area contributed by atoms with E-state index in [1.165, 1.54) is 12.6 Å². The Kier molecular flexibility index (Phi) is 9.26. The van der Waals surface area contributed by atoms with Gasteiger partial charge in [-0.15, -0.1) is 0 Å². The summed E-state index contributed by atoms with van der Waals surface area (Å²) in [4.78, 5) is 35.8. The summed E-state index contributed by atoms with van der Waals surface area (Å²) in [7, 11) is 0. The molecule has 1 saturated carbocycles. The smallest absolute Gasteiger partial charge is 0.262 e. The van der Waals surface area contributed by atoms with Crippen LogP contribution in [0, 0.1) is 0 Å². The minimum atomic E-state index is -0.467. The molecule has 0 unspecified atom stereocenters. The maximum absolute atomic E-state index is 12.0. The Morgan fingerprint density at radius 2 is 1.76 bits per heavy atom. The van der Waals surface area contributed by atoms with Crippen molar-refractivity contribution in [1.29, 1.82) is 0 Å². The van der Waals surface area contributed by atoms with Gasteiger partial charge in [0.1, 0.15) is 12.2 Å². The highest BCUT2D eigenvalue weighted by Crippen LogP contribution is 2.17. The van der Waals surface area contributed by atoms with Crippen molar-refractivity contribution >= 4 is 41.2 Å². The highest BCUT2D eigenvalue weighted by molar-refractivity contribution is 6.30. The van der Waals surface area contributed by atoms with Crippen molar-refractivity contribution in [2.24, 2.45) is 5.10 Å². The van der Waals surface area contributed by atoms with Gasteiger partial charge in [0.2, 0.25) is 11.8 Å². The van der Waals surface area contributed by atoms with Gasteiger partial charge in [-0.25, -0.2) is 5.43 Å². The van der Waals surface area contributed by atoms with Crippen LogP contribution >= 0.6 is 11.6 Å². The van der Waals surface area contributed by atoms with Gasteiger partial charge in [-0.05, 0) is 60.9 Å². The monoisotopic (exact) mass is 470 g/mol. The van der Waals surface area contributed by atoms with Crippen LogP contribution in [-0.4, -0.2) is 36.6 Å². The maximum Gasteiger partial charge on any atom is 0.262 e. The van der Waals surface area contributed by atoms with Crippen LogP contribution in [0.1, 0.15) is 44.1 Å². The van der Waals surface area contributed by atoms with Gasteiger partial charge in [0.15, 0.2) is 6.61 Å². The molecule has 1 aliphatic rings. The number of halogens is 1. The number of rotatable bonds is 9. The third-order valence-electron chi connectivity index (χ3n) is 5.05. The first-order valence-corrected chi connectivity index (χ1v) is 11.3. The summed E-state index contributed by atoms with van der Waals surface area (Å²) in [5.41, 5.74) is 3.67. The highest BCUT2D eigenvalue weighted by atomic mass is 35.5. The van der Waals surface area contributed by atoms with Gasteiger partial charge in [0.25, 0.3) is 5.91 Å². The fourth-order valence-electron chi connectivity index (χ4n) is 3.45. The lowest BCUT2D eigenvalue weighted by Crippen LogP contribution is -2.38. The largest absolute Gasteiger partial charge is 0.484 e. The lowest BCUT2D eigenvalue weighted by Gasteiger charge is -2.22. The number of nitrogens with one attached hydrogen (secondary N) is 3. The average Bonchev–Trinajstić information content (AvgIpc) is 2.79. The Balaban J connectivity index is 1.36. The molecule has 33 heavy (non-hydrogen) atoms. The first-order chi connectivity index (χ1) is 16.0.